The van der Waals surface area contributed by atoms with E-state index in [0.29, 0.717) is 17.3 Å². The van der Waals surface area contributed by atoms with Gasteiger partial charge in [0.15, 0.2) is 5.03 Å². The van der Waals surface area contributed by atoms with Gasteiger partial charge in [-0.25, -0.2) is 22.9 Å². The quantitative estimate of drug-likeness (QED) is 0.735. The number of nitrogens with two attached hydrogens (primary N) is 1. The van der Waals surface area contributed by atoms with Crippen molar-refractivity contribution in [2.75, 3.05) is 0 Å². The predicted molar refractivity (Wildman–Crippen MR) is 94.6 cm³/mol. The molecule has 9 heteroatoms. The van der Waals surface area contributed by atoms with Crippen molar-refractivity contribution in [3.05, 3.63) is 59.9 Å². The Hall–Kier alpha value is -2.65. The highest BCUT2D eigenvalue weighted by atomic mass is 32.2. The molecule has 7 nitrogen and oxygen atoms in total. The van der Waals surface area contributed by atoms with Gasteiger partial charge < -0.3 is 4.52 Å². The number of halogens is 1. The zero-order valence-electron chi connectivity index (χ0n) is 14.6. The second-order valence-electron chi connectivity index (χ2n) is 7.22. The number of pyridine rings is 1. The number of hydrogen-bond donors (Lipinski definition) is 1. The molecule has 0 spiro atoms. The molecule has 4 rings (SSSR count). The first-order valence-corrected chi connectivity index (χ1v) is 9.81. The largest absolute Gasteiger partial charge is 0.339 e. The minimum atomic E-state index is -3.83. The lowest BCUT2D eigenvalue weighted by molar-refractivity contribution is 0.368. The first kappa shape index (κ1) is 17.7. The fraction of sp³-hybridized carbons (Fsp3) is 0.278. The smallest absolute Gasteiger partial charge is 0.255 e. The maximum absolute atomic E-state index is 13.4. The first-order chi connectivity index (χ1) is 12.7. The van der Waals surface area contributed by atoms with Gasteiger partial charge in [-0.3, -0.25) is 0 Å². The molecule has 2 atom stereocenters. The maximum Gasteiger partial charge on any atom is 0.255 e. The monoisotopic (exact) mass is 388 g/mol. The van der Waals surface area contributed by atoms with E-state index in [-0.39, 0.29) is 28.1 Å². The summed E-state index contributed by atoms with van der Waals surface area (Å²) in [7, 11) is -3.83. The average molecular weight is 388 g/mol. The number of hydrogen-bond acceptors (Lipinski definition) is 6. The Balaban J connectivity index is 1.62. The van der Waals surface area contributed by atoms with Crippen LogP contribution in [-0.4, -0.2) is 23.5 Å². The van der Waals surface area contributed by atoms with E-state index in [1.807, 2.05) is 0 Å². The van der Waals surface area contributed by atoms with E-state index in [9.17, 15) is 12.8 Å². The summed E-state index contributed by atoms with van der Waals surface area (Å²) in [6.07, 6.45) is 1.51. The van der Waals surface area contributed by atoms with Gasteiger partial charge in [0.05, 0.1) is 5.92 Å². The highest BCUT2D eigenvalue weighted by Gasteiger charge is 2.62. The van der Waals surface area contributed by atoms with Crippen molar-refractivity contribution in [2.24, 2.45) is 10.6 Å². The Morgan fingerprint density at radius 2 is 1.96 bits per heavy atom. The van der Waals surface area contributed by atoms with Crippen LogP contribution in [0.25, 0.3) is 11.4 Å². The van der Waals surface area contributed by atoms with Gasteiger partial charge in [0.1, 0.15) is 5.82 Å². The highest BCUT2D eigenvalue weighted by Crippen LogP contribution is 2.69. The van der Waals surface area contributed by atoms with Crippen LogP contribution in [0.5, 0.6) is 0 Å². The van der Waals surface area contributed by atoms with Crippen molar-refractivity contribution in [3.8, 4) is 11.4 Å². The number of sulfonamides is 1. The molecule has 27 heavy (non-hydrogen) atoms. The summed E-state index contributed by atoms with van der Waals surface area (Å²) in [4.78, 5) is 8.38. The summed E-state index contributed by atoms with van der Waals surface area (Å²) in [5.41, 5.74) is 1.23. The van der Waals surface area contributed by atoms with Gasteiger partial charge in [0.2, 0.25) is 11.7 Å². The van der Waals surface area contributed by atoms with Crippen molar-refractivity contribution in [1.29, 1.82) is 0 Å². The van der Waals surface area contributed by atoms with E-state index < -0.39 is 10.0 Å². The van der Waals surface area contributed by atoms with E-state index in [1.165, 1.54) is 24.4 Å². The third-order valence-electron chi connectivity index (χ3n) is 5.03. The lowest BCUT2D eigenvalue weighted by atomic mass is 10.1. The molecular weight excluding hydrogens is 371 g/mol. The van der Waals surface area contributed by atoms with Crippen molar-refractivity contribution in [3.63, 3.8) is 0 Å². The number of aromatic nitrogens is 3. The predicted octanol–water partition coefficient (Wildman–Crippen LogP) is 2.83. The Kier molecular flexibility index (Phi) is 3.90. The molecule has 0 radical (unpaired) electrons. The van der Waals surface area contributed by atoms with Gasteiger partial charge in [-0.05, 0) is 29.2 Å². The molecule has 2 heterocycles. The molecule has 0 amide bonds. The zero-order chi connectivity index (χ0) is 19.4. The van der Waals surface area contributed by atoms with E-state index in [2.05, 4.69) is 29.0 Å². The fourth-order valence-electron chi connectivity index (χ4n) is 3.57. The van der Waals surface area contributed by atoms with Crippen LogP contribution in [0.3, 0.4) is 0 Å². The molecule has 0 aliphatic heterocycles. The van der Waals surface area contributed by atoms with Gasteiger partial charge in [0.25, 0.3) is 10.0 Å². The molecule has 0 saturated heterocycles. The van der Waals surface area contributed by atoms with Gasteiger partial charge in [-0.15, -0.1) is 0 Å². The lowest BCUT2D eigenvalue weighted by Crippen LogP contribution is -2.13. The number of benzene rings is 1. The molecule has 1 aliphatic rings. The summed E-state index contributed by atoms with van der Waals surface area (Å²) >= 11 is 0. The first-order valence-electron chi connectivity index (χ1n) is 8.26. The van der Waals surface area contributed by atoms with Gasteiger partial charge in [-0.2, -0.15) is 4.98 Å². The van der Waals surface area contributed by atoms with Crippen LogP contribution in [0.1, 0.15) is 37.1 Å². The van der Waals surface area contributed by atoms with E-state index in [1.54, 1.807) is 18.2 Å². The number of rotatable bonds is 4. The number of nitrogens with zero attached hydrogens (tertiary/aromatic N) is 3. The van der Waals surface area contributed by atoms with Crippen LogP contribution < -0.4 is 5.14 Å². The summed E-state index contributed by atoms with van der Waals surface area (Å²) in [5, 5.41) is 8.88. The Labute approximate surface area is 155 Å². The fourth-order valence-corrected chi connectivity index (χ4v) is 4.03. The van der Waals surface area contributed by atoms with Gasteiger partial charge in [-0.1, -0.05) is 37.2 Å². The standard InChI is InChI=1S/C18H17FN4O3S/c1-18(2)14(11-6-7-13(21-9-11)27(20,24)25)15(18)17-22-16(23-26-17)10-4-3-5-12(19)8-10/h3-9,14-15H,1-2H3,(H2,20,24,25)/t14-,15+/m0/s1. The minimum absolute atomic E-state index is 0.0420. The van der Waals surface area contributed by atoms with Crippen molar-refractivity contribution >= 4 is 10.0 Å². The molecule has 1 saturated carbocycles. The van der Waals surface area contributed by atoms with E-state index in [4.69, 9.17) is 9.66 Å². The minimum Gasteiger partial charge on any atom is -0.339 e. The maximum atomic E-state index is 13.4. The summed E-state index contributed by atoms with van der Waals surface area (Å²) in [5.74, 6) is 0.410. The number of primary sulfonamides is 1. The van der Waals surface area contributed by atoms with Crippen LogP contribution in [0, 0.1) is 11.2 Å². The normalized spacial score (nSPS) is 21.2. The van der Waals surface area contributed by atoms with Crippen LogP contribution in [-0.2, 0) is 10.0 Å². The second kappa shape index (κ2) is 5.93. The van der Waals surface area contributed by atoms with E-state index in [0.717, 1.165) is 5.56 Å². The molecule has 1 fully saturated rings. The van der Waals surface area contributed by atoms with Gasteiger partial charge >= 0.3 is 0 Å². The van der Waals surface area contributed by atoms with Crippen LogP contribution >= 0.6 is 0 Å². The molecule has 0 bridgehead atoms. The van der Waals surface area contributed by atoms with Crippen LogP contribution in [0.4, 0.5) is 4.39 Å². The van der Waals surface area contributed by atoms with Crippen molar-refractivity contribution in [1.82, 2.24) is 15.1 Å². The molecule has 3 aromatic rings. The van der Waals surface area contributed by atoms with E-state index >= 15 is 0 Å². The van der Waals surface area contributed by atoms with Crippen LogP contribution in [0.2, 0.25) is 0 Å². The Bertz CT molecular complexity index is 1110. The molecule has 2 N–H and O–H groups in total. The second-order valence-corrected chi connectivity index (χ2v) is 8.73. The van der Waals surface area contributed by atoms with Gasteiger partial charge in [0, 0.05) is 17.7 Å². The molecule has 1 aromatic carbocycles. The Morgan fingerprint density at radius 1 is 1.19 bits per heavy atom. The highest BCUT2D eigenvalue weighted by molar-refractivity contribution is 7.89. The van der Waals surface area contributed by atoms with Crippen molar-refractivity contribution in [2.45, 2.75) is 30.7 Å². The molecule has 0 unspecified atom stereocenters. The molecule has 2 aromatic heterocycles. The van der Waals surface area contributed by atoms with Crippen LogP contribution in [0.15, 0.2) is 52.1 Å². The summed E-state index contributed by atoms with van der Waals surface area (Å²) < 4.78 is 41.6. The Morgan fingerprint density at radius 3 is 2.59 bits per heavy atom. The molecule has 1 aliphatic carbocycles. The SMILES string of the molecule is CC1(C)[C@@H](c2ccc(S(N)(=O)=O)nc2)[C@@H]1c1nc(-c2cccc(F)c2)no1. The molecular formula is C18H17FN4O3S. The lowest BCUT2D eigenvalue weighted by Gasteiger charge is -2.03. The average Bonchev–Trinajstić information content (AvgIpc) is 2.94. The topological polar surface area (TPSA) is 112 Å². The molecule has 140 valence electrons. The third-order valence-corrected chi connectivity index (χ3v) is 5.85. The van der Waals surface area contributed by atoms with Crippen molar-refractivity contribution < 1.29 is 17.3 Å². The summed E-state index contributed by atoms with van der Waals surface area (Å²) in [6, 6.07) is 9.08. The summed E-state index contributed by atoms with van der Waals surface area (Å²) in [6.45, 7) is 4.12. The third kappa shape index (κ3) is 3.13. The zero-order valence-corrected chi connectivity index (χ0v) is 15.4.